The molecule has 2 heterocycles. The van der Waals surface area contributed by atoms with Crippen molar-refractivity contribution < 1.29 is 4.74 Å². The van der Waals surface area contributed by atoms with Crippen molar-refractivity contribution in [3.05, 3.63) is 4.88 Å². The second-order valence-corrected chi connectivity index (χ2v) is 5.43. The van der Waals surface area contributed by atoms with E-state index in [-0.39, 0.29) is 0 Å². The van der Waals surface area contributed by atoms with Gasteiger partial charge in [-0.3, -0.25) is 0 Å². The highest BCUT2D eigenvalue weighted by Crippen LogP contribution is 2.33. The Bertz CT molecular complexity index is 348. The lowest BCUT2D eigenvalue weighted by atomic mass is 10.1. The number of aryl methyl sites for hydroxylation is 1. The molecule has 1 aromatic heterocycles. The molecule has 1 aromatic rings. The van der Waals surface area contributed by atoms with Gasteiger partial charge in [-0.15, -0.1) is 0 Å². The first kappa shape index (κ1) is 12.6. The number of anilines is 1. The number of rotatable bonds is 5. The largest absolute Gasteiger partial charge is 0.480 e. The first-order valence-electron chi connectivity index (χ1n) is 6.34. The molecule has 1 saturated heterocycles. The fraction of sp³-hybridized carbons (Fsp3) is 0.750. The van der Waals surface area contributed by atoms with E-state index >= 15 is 0 Å². The van der Waals surface area contributed by atoms with Crippen LogP contribution in [0.15, 0.2) is 0 Å². The molecule has 0 unspecified atom stereocenters. The zero-order valence-corrected chi connectivity index (χ0v) is 11.3. The number of thiazole rings is 1. The van der Waals surface area contributed by atoms with Gasteiger partial charge in [0, 0.05) is 13.1 Å². The van der Waals surface area contributed by atoms with Gasteiger partial charge < -0.3 is 15.4 Å². The normalized spacial score (nSPS) is 16.2. The van der Waals surface area contributed by atoms with Gasteiger partial charge in [-0.05, 0) is 38.6 Å². The maximum Gasteiger partial charge on any atom is 0.229 e. The van der Waals surface area contributed by atoms with Gasteiger partial charge in [0.15, 0.2) is 5.13 Å². The Kier molecular flexibility index (Phi) is 4.62. The lowest BCUT2D eigenvalue weighted by Gasteiger charge is -2.25. The fourth-order valence-electron chi connectivity index (χ4n) is 2.13. The van der Waals surface area contributed by atoms with Gasteiger partial charge in [-0.2, -0.15) is 4.98 Å². The molecule has 0 aromatic carbocycles. The molecule has 0 aliphatic carbocycles. The third-order valence-corrected chi connectivity index (χ3v) is 4.24. The maximum atomic E-state index is 5.55. The Hall–Kier alpha value is -0.810. The summed E-state index contributed by atoms with van der Waals surface area (Å²) >= 11 is 1.76. The van der Waals surface area contributed by atoms with Crippen LogP contribution in [0.2, 0.25) is 0 Å². The summed E-state index contributed by atoms with van der Waals surface area (Å²) in [4.78, 5) is 8.20. The van der Waals surface area contributed by atoms with E-state index in [4.69, 9.17) is 10.5 Å². The summed E-state index contributed by atoms with van der Waals surface area (Å²) < 4.78 is 5.35. The number of methoxy groups -OCH3 is 1. The Morgan fingerprint density at radius 3 is 2.76 bits per heavy atom. The van der Waals surface area contributed by atoms with Crippen LogP contribution in [0.3, 0.4) is 0 Å². The van der Waals surface area contributed by atoms with Gasteiger partial charge in [0.25, 0.3) is 0 Å². The molecule has 4 nitrogen and oxygen atoms in total. The van der Waals surface area contributed by atoms with Crippen LogP contribution in [0.4, 0.5) is 5.13 Å². The number of hydrogen-bond donors (Lipinski definition) is 1. The first-order valence-corrected chi connectivity index (χ1v) is 7.15. The molecule has 1 aliphatic heterocycles. The van der Waals surface area contributed by atoms with Gasteiger partial charge in [-0.1, -0.05) is 11.3 Å². The van der Waals surface area contributed by atoms with Crippen molar-refractivity contribution in [2.45, 2.75) is 32.1 Å². The smallest absolute Gasteiger partial charge is 0.229 e. The molecule has 0 atom stereocenters. The highest BCUT2D eigenvalue weighted by Gasteiger charge is 2.18. The molecule has 0 bridgehead atoms. The third-order valence-electron chi connectivity index (χ3n) is 3.08. The van der Waals surface area contributed by atoms with E-state index in [0.717, 1.165) is 43.5 Å². The zero-order chi connectivity index (χ0) is 12.1. The fourth-order valence-corrected chi connectivity index (χ4v) is 3.25. The lowest BCUT2D eigenvalue weighted by Crippen LogP contribution is -2.29. The van der Waals surface area contributed by atoms with Crippen molar-refractivity contribution in [3.8, 4) is 5.88 Å². The molecule has 17 heavy (non-hydrogen) atoms. The third kappa shape index (κ3) is 3.10. The maximum absolute atomic E-state index is 5.55. The highest BCUT2D eigenvalue weighted by atomic mass is 32.1. The molecule has 0 radical (unpaired) electrons. The summed E-state index contributed by atoms with van der Waals surface area (Å²) in [5.41, 5.74) is 5.55. The monoisotopic (exact) mass is 255 g/mol. The minimum atomic E-state index is 0.722. The van der Waals surface area contributed by atoms with Gasteiger partial charge in [-0.25, -0.2) is 0 Å². The second-order valence-electron chi connectivity index (χ2n) is 4.37. The molecule has 96 valence electrons. The lowest BCUT2D eigenvalue weighted by molar-refractivity contribution is 0.395. The molecule has 2 rings (SSSR count). The molecular formula is C12H21N3OS. The standard InChI is InChI=1S/C12H21N3OS/c1-16-11-10(6-5-7-13)17-12(14-11)15-8-3-2-4-9-15/h2-9,13H2,1H3. The second kappa shape index (κ2) is 6.21. The van der Waals surface area contributed by atoms with Crippen molar-refractivity contribution in [1.82, 2.24) is 4.98 Å². The highest BCUT2D eigenvalue weighted by molar-refractivity contribution is 7.15. The minimum Gasteiger partial charge on any atom is -0.480 e. The average Bonchev–Trinajstić information content (AvgIpc) is 2.80. The predicted octanol–water partition coefficient (Wildman–Crippen LogP) is 2.03. The number of ether oxygens (including phenoxy) is 1. The van der Waals surface area contributed by atoms with Crippen LogP contribution in [0.1, 0.15) is 30.6 Å². The van der Waals surface area contributed by atoms with Crippen LogP contribution in [0, 0.1) is 0 Å². The van der Waals surface area contributed by atoms with E-state index in [1.807, 2.05) is 0 Å². The van der Waals surface area contributed by atoms with Gasteiger partial charge in [0.05, 0.1) is 12.0 Å². The van der Waals surface area contributed by atoms with E-state index in [0.29, 0.717) is 0 Å². The summed E-state index contributed by atoms with van der Waals surface area (Å²) in [6.45, 7) is 2.99. The van der Waals surface area contributed by atoms with Crippen LogP contribution in [0.25, 0.3) is 0 Å². The Balaban J connectivity index is 2.08. The van der Waals surface area contributed by atoms with Gasteiger partial charge in [0.1, 0.15) is 0 Å². The topological polar surface area (TPSA) is 51.4 Å². The van der Waals surface area contributed by atoms with Crippen molar-refractivity contribution in [2.75, 3.05) is 31.6 Å². The van der Waals surface area contributed by atoms with Gasteiger partial charge in [0.2, 0.25) is 5.88 Å². The van der Waals surface area contributed by atoms with Crippen molar-refractivity contribution >= 4 is 16.5 Å². The first-order chi connectivity index (χ1) is 8.35. The van der Waals surface area contributed by atoms with Crippen LogP contribution in [-0.4, -0.2) is 31.7 Å². The molecule has 0 amide bonds. The Morgan fingerprint density at radius 1 is 1.35 bits per heavy atom. The summed E-state index contributed by atoms with van der Waals surface area (Å²) in [7, 11) is 1.70. The molecule has 5 heteroatoms. The van der Waals surface area contributed by atoms with Crippen molar-refractivity contribution in [1.29, 1.82) is 0 Å². The minimum absolute atomic E-state index is 0.722. The number of nitrogens with zero attached hydrogens (tertiary/aromatic N) is 2. The van der Waals surface area contributed by atoms with E-state index in [2.05, 4.69) is 9.88 Å². The van der Waals surface area contributed by atoms with Crippen LogP contribution < -0.4 is 15.4 Å². The number of hydrogen-bond acceptors (Lipinski definition) is 5. The Morgan fingerprint density at radius 2 is 2.12 bits per heavy atom. The van der Waals surface area contributed by atoms with E-state index < -0.39 is 0 Å². The van der Waals surface area contributed by atoms with E-state index in [1.165, 1.54) is 24.1 Å². The summed E-state index contributed by atoms with van der Waals surface area (Å²) in [6, 6.07) is 0. The van der Waals surface area contributed by atoms with Crippen molar-refractivity contribution in [2.24, 2.45) is 5.73 Å². The van der Waals surface area contributed by atoms with Crippen LogP contribution in [0.5, 0.6) is 5.88 Å². The molecule has 2 N–H and O–H groups in total. The zero-order valence-electron chi connectivity index (χ0n) is 10.4. The van der Waals surface area contributed by atoms with E-state index in [9.17, 15) is 0 Å². The quantitative estimate of drug-likeness (QED) is 0.874. The molecular weight excluding hydrogens is 234 g/mol. The Labute approximate surface area is 107 Å². The summed E-state index contributed by atoms with van der Waals surface area (Å²) in [5, 5.41) is 1.12. The number of nitrogens with two attached hydrogens (primary N) is 1. The molecule has 1 fully saturated rings. The molecule has 1 aliphatic rings. The van der Waals surface area contributed by atoms with Crippen LogP contribution >= 0.6 is 11.3 Å². The van der Waals surface area contributed by atoms with Crippen LogP contribution in [-0.2, 0) is 6.42 Å². The van der Waals surface area contributed by atoms with Crippen molar-refractivity contribution in [3.63, 3.8) is 0 Å². The average molecular weight is 255 g/mol. The molecule has 0 spiro atoms. The summed E-state index contributed by atoms with van der Waals surface area (Å²) in [5.74, 6) is 0.795. The molecule has 0 saturated carbocycles. The van der Waals surface area contributed by atoms with E-state index in [1.54, 1.807) is 18.4 Å². The predicted molar refractivity (Wildman–Crippen MR) is 72.1 cm³/mol. The van der Waals surface area contributed by atoms with Gasteiger partial charge >= 0.3 is 0 Å². The summed E-state index contributed by atoms with van der Waals surface area (Å²) in [6.07, 6.45) is 5.88. The number of piperidine rings is 1. The number of aromatic nitrogens is 1. The SMILES string of the molecule is COc1nc(N2CCCCC2)sc1CCCN.